The molecular formula is C9H16O3. The Morgan fingerprint density at radius 1 is 1.58 bits per heavy atom. The number of hydrogen-bond acceptors (Lipinski definition) is 3. The molecule has 1 heterocycles. The zero-order valence-corrected chi connectivity index (χ0v) is 7.71. The second-order valence-electron chi connectivity index (χ2n) is 3.63. The Balaban J connectivity index is 2.04. The van der Waals surface area contributed by atoms with E-state index in [9.17, 15) is 4.79 Å². The monoisotopic (exact) mass is 172 g/mol. The maximum Gasteiger partial charge on any atom is 0.508 e. The molecule has 0 saturated carbocycles. The fourth-order valence-corrected chi connectivity index (χ4v) is 1.26. The molecule has 0 aliphatic carbocycles. The number of hydrogen-bond donors (Lipinski definition) is 0. The lowest BCUT2D eigenvalue weighted by Gasteiger charge is -2.07. The smallest absolute Gasteiger partial charge is 0.430 e. The maximum absolute atomic E-state index is 10.5. The van der Waals surface area contributed by atoms with Crippen LogP contribution in [0.2, 0.25) is 0 Å². The van der Waals surface area contributed by atoms with E-state index in [1.165, 1.54) is 6.42 Å². The van der Waals surface area contributed by atoms with Crippen LogP contribution in [0.3, 0.4) is 0 Å². The fourth-order valence-electron chi connectivity index (χ4n) is 1.26. The highest BCUT2D eigenvalue weighted by molar-refractivity contribution is 5.61. The molecule has 1 aliphatic heterocycles. The van der Waals surface area contributed by atoms with E-state index in [0.29, 0.717) is 6.61 Å². The molecule has 12 heavy (non-hydrogen) atoms. The molecule has 0 aromatic carbocycles. The predicted octanol–water partition coefficient (Wildman–Crippen LogP) is 2.35. The maximum atomic E-state index is 10.5. The molecule has 1 fully saturated rings. The molecule has 0 spiro atoms. The highest BCUT2D eigenvalue weighted by atomic mass is 16.8. The zero-order chi connectivity index (χ0) is 8.97. The van der Waals surface area contributed by atoms with Gasteiger partial charge < -0.3 is 9.47 Å². The van der Waals surface area contributed by atoms with Crippen molar-refractivity contribution in [3.05, 3.63) is 0 Å². The second-order valence-corrected chi connectivity index (χ2v) is 3.63. The summed E-state index contributed by atoms with van der Waals surface area (Å²) in [7, 11) is 0. The Kier molecular flexibility index (Phi) is 3.38. The topological polar surface area (TPSA) is 35.5 Å². The normalized spacial score (nSPS) is 22.6. The van der Waals surface area contributed by atoms with Crippen LogP contribution < -0.4 is 0 Å². The van der Waals surface area contributed by atoms with Gasteiger partial charge in [-0.1, -0.05) is 20.3 Å². The summed E-state index contributed by atoms with van der Waals surface area (Å²) in [6, 6.07) is 0. The molecule has 70 valence electrons. The lowest BCUT2D eigenvalue weighted by molar-refractivity contribution is 0.115. The van der Waals surface area contributed by atoms with Gasteiger partial charge in [-0.15, -0.1) is 0 Å². The van der Waals surface area contributed by atoms with Crippen molar-refractivity contribution >= 4 is 6.16 Å². The summed E-state index contributed by atoms with van der Waals surface area (Å²) in [5, 5.41) is 0. The SMILES string of the molecule is CC(C)CCCC1COC(=O)O1. The lowest BCUT2D eigenvalue weighted by Crippen LogP contribution is -2.09. The van der Waals surface area contributed by atoms with E-state index >= 15 is 0 Å². The molecule has 1 unspecified atom stereocenters. The predicted molar refractivity (Wildman–Crippen MR) is 44.9 cm³/mol. The number of cyclic esters (lactones) is 2. The van der Waals surface area contributed by atoms with Crippen molar-refractivity contribution < 1.29 is 14.3 Å². The molecule has 1 aliphatic rings. The standard InChI is InChI=1S/C9H16O3/c1-7(2)4-3-5-8-6-11-9(10)12-8/h7-8H,3-6H2,1-2H3. The van der Waals surface area contributed by atoms with Crippen molar-refractivity contribution in [2.24, 2.45) is 5.92 Å². The van der Waals surface area contributed by atoms with Crippen LogP contribution in [0.4, 0.5) is 4.79 Å². The summed E-state index contributed by atoms with van der Waals surface area (Å²) >= 11 is 0. The van der Waals surface area contributed by atoms with Gasteiger partial charge in [-0.25, -0.2) is 4.79 Å². The molecule has 0 radical (unpaired) electrons. The van der Waals surface area contributed by atoms with E-state index < -0.39 is 6.16 Å². The summed E-state index contributed by atoms with van der Waals surface area (Å²) in [5.74, 6) is 0.725. The molecule has 0 amide bonds. The third kappa shape index (κ3) is 3.11. The van der Waals surface area contributed by atoms with Crippen LogP contribution in [0, 0.1) is 5.92 Å². The number of rotatable bonds is 4. The first-order valence-corrected chi connectivity index (χ1v) is 4.52. The number of carbonyl (C=O) groups is 1. The van der Waals surface area contributed by atoms with Crippen LogP contribution in [0.5, 0.6) is 0 Å². The lowest BCUT2D eigenvalue weighted by atomic mass is 10.0. The summed E-state index contributed by atoms with van der Waals surface area (Å²) in [6.45, 7) is 4.82. The van der Waals surface area contributed by atoms with Crippen molar-refractivity contribution in [2.45, 2.75) is 39.2 Å². The van der Waals surface area contributed by atoms with Crippen LogP contribution in [0.15, 0.2) is 0 Å². The quantitative estimate of drug-likeness (QED) is 0.610. The summed E-state index contributed by atoms with van der Waals surface area (Å²) in [4.78, 5) is 10.5. The van der Waals surface area contributed by atoms with Crippen molar-refractivity contribution in [1.29, 1.82) is 0 Å². The molecule has 0 aromatic rings. The van der Waals surface area contributed by atoms with E-state index in [2.05, 4.69) is 18.6 Å². The minimum Gasteiger partial charge on any atom is -0.430 e. The molecule has 1 rings (SSSR count). The van der Waals surface area contributed by atoms with E-state index in [4.69, 9.17) is 4.74 Å². The third-order valence-electron chi connectivity index (χ3n) is 1.96. The number of ether oxygens (including phenoxy) is 2. The van der Waals surface area contributed by atoms with Crippen LogP contribution in [-0.2, 0) is 9.47 Å². The summed E-state index contributed by atoms with van der Waals surface area (Å²) in [5.41, 5.74) is 0. The van der Waals surface area contributed by atoms with Gasteiger partial charge in [-0.3, -0.25) is 0 Å². The van der Waals surface area contributed by atoms with E-state index in [-0.39, 0.29) is 6.10 Å². The summed E-state index contributed by atoms with van der Waals surface area (Å²) < 4.78 is 9.54. The van der Waals surface area contributed by atoms with Gasteiger partial charge in [-0.05, 0) is 18.8 Å². The molecule has 1 atom stereocenters. The minimum absolute atomic E-state index is 0.0104. The molecule has 3 heteroatoms. The molecular weight excluding hydrogens is 156 g/mol. The summed E-state index contributed by atoms with van der Waals surface area (Å²) in [6.07, 6.45) is 2.73. The Hall–Kier alpha value is -0.730. The van der Waals surface area contributed by atoms with Crippen LogP contribution in [0.25, 0.3) is 0 Å². The van der Waals surface area contributed by atoms with Gasteiger partial charge in [0.05, 0.1) is 0 Å². The van der Waals surface area contributed by atoms with Crippen LogP contribution in [-0.4, -0.2) is 18.9 Å². The van der Waals surface area contributed by atoms with Crippen molar-refractivity contribution in [3.63, 3.8) is 0 Å². The first-order valence-electron chi connectivity index (χ1n) is 4.52. The molecule has 0 N–H and O–H groups in total. The van der Waals surface area contributed by atoms with Crippen LogP contribution in [0.1, 0.15) is 33.1 Å². The van der Waals surface area contributed by atoms with Crippen LogP contribution >= 0.6 is 0 Å². The molecule has 0 bridgehead atoms. The van der Waals surface area contributed by atoms with Crippen molar-refractivity contribution in [3.8, 4) is 0 Å². The first kappa shape index (κ1) is 9.36. The Bertz CT molecular complexity index is 154. The van der Waals surface area contributed by atoms with Gasteiger partial charge in [0.25, 0.3) is 0 Å². The first-order chi connectivity index (χ1) is 5.68. The van der Waals surface area contributed by atoms with Crippen molar-refractivity contribution in [1.82, 2.24) is 0 Å². The highest BCUT2D eigenvalue weighted by Gasteiger charge is 2.23. The fraction of sp³-hybridized carbons (Fsp3) is 0.889. The highest BCUT2D eigenvalue weighted by Crippen LogP contribution is 2.15. The minimum atomic E-state index is -0.510. The number of carbonyl (C=O) groups excluding carboxylic acids is 1. The van der Waals surface area contributed by atoms with E-state index in [1.54, 1.807) is 0 Å². The van der Waals surface area contributed by atoms with Crippen molar-refractivity contribution in [2.75, 3.05) is 6.61 Å². The van der Waals surface area contributed by atoms with Gasteiger partial charge in [0, 0.05) is 0 Å². The van der Waals surface area contributed by atoms with Gasteiger partial charge in [0.2, 0.25) is 0 Å². The molecule has 3 nitrogen and oxygen atoms in total. The molecule has 1 saturated heterocycles. The second kappa shape index (κ2) is 4.33. The zero-order valence-electron chi connectivity index (χ0n) is 7.71. The van der Waals surface area contributed by atoms with Gasteiger partial charge >= 0.3 is 6.16 Å². The van der Waals surface area contributed by atoms with Gasteiger partial charge in [0.15, 0.2) is 0 Å². The van der Waals surface area contributed by atoms with Gasteiger partial charge in [0.1, 0.15) is 12.7 Å². The third-order valence-corrected chi connectivity index (χ3v) is 1.96. The Labute approximate surface area is 73.0 Å². The average molecular weight is 172 g/mol. The molecule has 0 aromatic heterocycles. The average Bonchev–Trinajstić information content (AvgIpc) is 2.35. The van der Waals surface area contributed by atoms with E-state index in [1.807, 2.05) is 0 Å². The van der Waals surface area contributed by atoms with Gasteiger partial charge in [-0.2, -0.15) is 0 Å². The Morgan fingerprint density at radius 2 is 2.33 bits per heavy atom. The van der Waals surface area contributed by atoms with E-state index in [0.717, 1.165) is 18.8 Å². The largest absolute Gasteiger partial charge is 0.508 e. The Morgan fingerprint density at radius 3 is 2.83 bits per heavy atom.